The summed E-state index contributed by atoms with van der Waals surface area (Å²) in [5, 5.41) is 5.95. The van der Waals surface area contributed by atoms with Crippen molar-refractivity contribution in [3.05, 3.63) is 65.7 Å². The summed E-state index contributed by atoms with van der Waals surface area (Å²) in [6.07, 6.45) is -4.04. The van der Waals surface area contributed by atoms with Gasteiger partial charge in [-0.05, 0) is 18.2 Å². The summed E-state index contributed by atoms with van der Waals surface area (Å²) in [5.41, 5.74) is -0.462. The van der Waals surface area contributed by atoms with Crippen molar-refractivity contribution in [2.75, 3.05) is 12.4 Å². The van der Waals surface area contributed by atoms with Crippen LogP contribution in [0.25, 0.3) is 11.1 Å². The van der Waals surface area contributed by atoms with Crippen LogP contribution in [-0.2, 0) is 24.4 Å². The summed E-state index contributed by atoms with van der Waals surface area (Å²) >= 11 is 0. The molecule has 1 aromatic heterocycles. The Bertz CT molecular complexity index is 1040. The lowest BCUT2D eigenvalue weighted by atomic mass is 10.0. The molecular weight excluding hydrogens is 390 g/mol. The lowest BCUT2D eigenvalue weighted by Crippen LogP contribution is -2.17. The molecule has 1 amide bonds. The van der Waals surface area contributed by atoms with E-state index in [-0.39, 0.29) is 16.8 Å². The second-order valence-corrected chi connectivity index (χ2v) is 6.29. The van der Waals surface area contributed by atoms with E-state index >= 15 is 0 Å². The number of carbonyl (C=O) groups is 1. The summed E-state index contributed by atoms with van der Waals surface area (Å²) in [6, 6.07) is 10.7. The van der Waals surface area contributed by atoms with Crippen LogP contribution in [0, 0.1) is 5.82 Å². The Morgan fingerprint density at radius 3 is 2.55 bits per heavy atom. The van der Waals surface area contributed by atoms with Gasteiger partial charge in [0.05, 0.1) is 13.5 Å². The molecule has 0 spiro atoms. The summed E-state index contributed by atoms with van der Waals surface area (Å²) in [5.74, 6) is -0.897. The maximum atomic E-state index is 14.4. The number of halogens is 4. The van der Waals surface area contributed by atoms with Crippen LogP contribution in [0.2, 0.25) is 0 Å². The van der Waals surface area contributed by atoms with Crippen molar-refractivity contribution in [1.82, 2.24) is 9.78 Å². The molecular formula is C20H17F4N3O2. The fourth-order valence-electron chi connectivity index (χ4n) is 2.94. The first-order chi connectivity index (χ1) is 13.7. The van der Waals surface area contributed by atoms with E-state index in [2.05, 4.69) is 10.4 Å². The molecule has 0 radical (unpaired) electrons. The van der Waals surface area contributed by atoms with E-state index in [4.69, 9.17) is 4.74 Å². The van der Waals surface area contributed by atoms with Crippen molar-refractivity contribution >= 4 is 11.6 Å². The monoisotopic (exact) mass is 407 g/mol. The molecule has 0 unspecified atom stereocenters. The Hall–Kier alpha value is -3.36. The first-order valence-corrected chi connectivity index (χ1v) is 8.51. The second-order valence-electron chi connectivity index (χ2n) is 6.29. The number of methoxy groups -OCH3 is 1. The minimum atomic E-state index is -4.67. The molecule has 0 saturated carbocycles. The molecule has 9 heteroatoms. The van der Waals surface area contributed by atoms with Gasteiger partial charge in [0, 0.05) is 41.7 Å². The molecule has 0 aliphatic heterocycles. The third-order valence-electron chi connectivity index (χ3n) is 4.19. The van der Waals surface area contributed by atoms with Gasteiger partial charge in [-0.25, -0.2) is 4.39 Å². The number of ether oxygens (including phenoxy) is 1. The molecule has 1 N–H and O–H groups in total. The Labute approximate surface area is 163 Å². The largest absolute Gasteiger partial charge is 0.497 e. The Kier molecular flexibility index (Phi) is 5.58. The molecule has 1 heterocycles. The van der Waals surface area contributed by atoms with Crippen LogP contribution < -0.4 is 10.1 Å². The zero-order valence-corrected chi connectivity index (χ0v) is 15.5. The van der Waals surface area contributed by atoms with E-state index in [1.807, 2.05) is 0 Å². The maximum Gasteiger partial charge on any atom is 0.435 e. The minimum absolute atomic E-state index is 0.221. The normalized spacial score (nSPS) is 11.4. The molecule has 3 rings (SSSR count). The fraction of sp³-hybridized carbons (Fsp3) is 0.200. The van der Waals surface area contributed by atoms with E-state index in [1.165, 1.54) is 26.3 Å². The number of amides is 1. The van der Waals surface area contributed by atoms with E-state index < -0.39 is 30.0 Å². The number of hydrogen-bond acceptors (Lipinski definition) is 3. The van der Waals surface area contributed by atoms with Gasteiger partial charge in [0.25, 0.3) is 0 Å². The number of aromatic nitrogens is 2. The smallest absolute Gasteiger partial charge is 0.435 e. The number of nitrogens with one attached hydrogen (secondary N) is 1. The Balaban J connectivity index is 1.86. The highest BCUT2D eigenvalue weighted by Crippen LogP contribution is 2.33. The number of hydrogen-bond donors (Lipinski definition) is 1. The molecule has 2 aromatic carbocycles. The van der Waals surface area contributed by atoms with Crippen LogP contribution in [0.4, 0.5) is 23.2 Å². The van der Waals surface area contributed by atoms with Crippen molar-refractivity contribution in [3.8, 4) is 16.9 Å². The van der Waals surface area contributed by atoms with Gasteiger partial charge < -0.3 is 10.1 Å². The van der Waals surface area contributed by atoms with Crippen LogP contribution in [0.5, 0.6) is 5.75 Å². The highest BCUT2D eigenvalue weighted by molar-refractivity contribution is 5.96. The van der Waals surface area contributed by atoms with Crippen LogP contribution in [0.1, 0.15) is 11.3 Å². The van der Waals surface area contributed by atoms with Gasteiger partial charge in [0.15, 0.2) is 5.69 Å². The van der Waals surface area contributed by atoms with Crippen LogP contribution >= 0.6 is 0 Å². The van der Waals surface area contributed by atoms with E-state index in [0.29, 0.717) is 11.3 Å². The van der Waals surface area contributed by atoms with Crippen molar-refractivity contribution in [2.24, 2.45) is 7.05 Å². The van der Waals surface area contributed by atoms with Crippen LogP contribution in [-0.4, -0.2) is 22.8 Å². The molecule has 29 heavy (non-hydrogen) atoms. The first kappa shape index (κ1) is 20.4. The molecule has 5 nitrogen and oxygen atoms in total. The number of carbonyl (C=O) groups excluding carboxylic acids is 1. The van der Waals surface area contributed by atoms with Crippen molar-refractivity contribution in [2.45, 2.75) is 12.6 Å². The maximum absolute atomic E-state index is 14.4. The first-order valence-electron chi connectivity index (χ1n) is 8.51. The van der Waals surface area contributed by atoms with Crippen molar-refractivity contribution in [3.63, 3.8) is 0 Å². The number of aryl methyl sites for hydroxylation is 1. The van der Waals surface area contributed by atoms with Crippen LogP contribution in [0.15, 0.2) is 48.7 Å². The number of para-hydroxylation sites is 1. The highest BCUT2D eigenvalue weighted by atomic mass is 19.4. The number of anilines is 1. The Morgan fingerprint density at radius 1 is 1.17 bits per heavy atom. The average Bonchev–Trinajstić information content (AvgIpc) is 3.02. The summed E-state index contributed by atoms with van der Waals surface area (Å²) < 4.78 is 59.6. The van der Waals surface area contributed by atoms with E-state index in [0.717, 1.165) is 10.9 Å². The molecule has 0 aliphatic carbocycles. The SMILES string of the molecule is COc1ccc(-c2ccccc2NC(=O)Cc2cn(C)nc2C(F)(F)F)c(F)c1. The molecule has 0 aliphatic rings. The molecule has 3 aromatic rings. The summed E-state index contributed by atoms with van der Waals surface area (Å²) in [4.78, 5) is 12.4. The number of rotatable bonds is 5. The Morgan fingerprint density at radius 2 is 1.90 bits per heavy atom. The van der Waals surface area contributed by atoms with Gasteiger partial charge in [-0.15, -0.1) is 0 Å². The predicted molar refractivity (Wildman–Crippen MR) is 98.9 cm³/mol. The predicted octanol–water partition coefficient (Wildman–Crippen LogP) is 4.43. The second kappa shape index (κ2) is 7.94. The summed E-state index contributed by atoms with van der Waals surface area (Å²) in [6.45, 7) is 0. The number of benzene rings is 2. The van der Waals surface area contributed by atoms with Gasteiger partial charge in [-0.3, -0.25) is 9.48 Å². The van der Waals surface area contributed by atoms with Crippen LogP contribution in [0.3, 0.4) is 0 Å². The van der Waals surface area contributed by atoms with Gasteiger partial charge in [-0.2, -0.15) is 18.3 Å². The fourth-order valence-corrected chi connectivity index (χ4v) is 2.94. The average molecular weight is 407 g/mol. The highest BCUT2D eigenvalue weighted by Gasteiger charge is 2.37. The van der Waals surface area contributed by atoms with Gasteiger partial charge >= 0.3 is 6.18 Å². The van der Waals surface area contributed by atoms with Gasteiger partial charge in [0.2, 0.25) is 5.91 Å². The number of nitrogens with zero attached hydrogens (tertiary/aromatic N) is 2. The number of alkyl halides is 3. The lowest BCUT2D eigenvalue weighted by molar-refractivity contribution is -0.142. The standard InChI is InChI=1S/C20H17F4N3O2/c1-27-11-12(19(26-27)20(22,23)24)9-18(28)25-17-6-4-3-5-15(17)14-8-7-13(29-2)10-16(14)21/h3-8,10-11H,9H2,1-2H3,(H,25,28). The molecule has 0 saturated heterocycles. The van der Waals surface area contributed by atoms with Crippen molar-refractivity contribution < 1.29 is 27.1 Å². The third kappa shape index (κ3) is 4.56. The molecule has 0 bridgehead atoms. The lowest BCUT2D eigenvalue weighted by Gasteiger charge is -2.13. The van der Waals surface area contributed by atoms with Gasteiger partial charge in [0.1, 0.15) is 11.6 Å². The minimum Gasteiger partial charge on any atom is -0.497 e. The quantitative estimate of drug-likeness (QED) is 0.637. The zero-order valence-electron chi connectivity index (χ0n) is 15.5. The zero-order chi connectivity index (χ0) is 21.2. The van der Waals surface area contributed by atoms with Gasteiger partial charge in [-0.1, -0.05) is 18.2 Å². The third-order valence-corrected chi connectivity index (χ3v) is 4.19. The molecule has 0 atom stereocenters. The van der Waals surface area contributed by atoms with E-state index in [9.17, 15) is 22.4 Å². The van der Waals surface area contributed by atoms with E-state index in [1.54, 1.807) is 30.3 Å². The topological polar surface area (TPSA) is 56.1 Å². The molecule has 152 valence electrons. The molecule has 0 fully saturated rings. The van der Waals surface area contributed by atoms with Crippen molar-refractivity contribution in [1.29, 1.82) is 0 Å². The summed E-state index contributed by atoms with van der Waals surface area (Å²) in [7, 11) is 2.76.